The van der Waals surface area contributed by atoms with E-state index in [1.165, 1.54) is 122 Å². The third kappa shape index (κ3) is 63.1. The van der Waals surface area contributed by atoms with E-state index in [9.17, 15) is 19.5 Å². The lowest BCUT2D eigenvalue weighted by Gasteiger charge is -2.26. The Morgan fingerprint density at radius 2 is 0.667 bits per heavy atom. The van der Waals surface area contributed by atoms with E-state index in [-0.39, 0.29) is 38.6 Å². The van der Waals surface area contributed by atoms with Crippen molar-refractivity contribution in [2.24, 2.45) is 0 Å². The number of carbonyl (C=O) groups excluding carboxylic acids is 3. The second-order valence-electron chi connectivity index (χ2n) is 22.6. The molecular formula is C72H121NO8. The summed E-state index contributed by atoms with van der Waals surface area (Å²) in [6.45, 7) is 4.52. The highest BCUT2D eigenvalue weighted by atomic mass is 16.7. The summed E-state index contributed by atoms with van der Waals surface area (Å²) in [5, 5.41) is 11.8. The molecule has 0 aliphatic heterocycles. The first-order chi connectivity index (χ1) is 39.6. The van der Waals surface area contributed by atoms with E-state index in [4.69, 9.17) is 18.9 Å². The first-order valence-corrected chi connectivity index (χ1v) is 32.7. The fraction of sp³-hybridized carbons (Fsp3) is 0.681. The van der Waals surface area contributed by atoms with Crippen molar-refractivity contribution in [1.82, 2.24) is 0 Å². The van der Waals surface area contributed by atoms with E-state index < -0.39 is 24.3 Å². The van der Waals surface area contributed by atoms with Gasteiger partial charge in [-0.15, -0.1) is 0 Å². The van der Waals surface area contributed by atoms with Gasteiger partial charge in [-0.05, 0) is 103 Å². The van der Waals surface area contributed by atoms with Crippen molar-refractivity contribution in [3.05, 3.63) is 122 Å². The maximum atomic E-state index is 12.9. The zero-order chi connectivity index (χ0) is 59.1. The highest BCUT2D eigenvalue weighted by Gasteiger charge is 2.22. The number of aliphatic carboxylic acids is 1. The fourth-order valence-corrected chi connectivity index (χ4v) is 8.77. The molecule has 0 saturated heterocycles. The molecule has 0 bridgehead atoms. The number of carboxylic acid groups (broad SMARTS) is 1. The monoisotopic (exact) mass is 1130 g/mol. The molecular weight excluding hydrogens is 1010 g/mol. The van der Waals surface area contributed by atoms with E-state index in [0.29, 0.717) is 17.4 Å². The van der Waals surface area contributed by atoms with Crippen LogP contribution in [0.5, 0.6) is 0 Å². The average molecular weight is 1130 g/mol. The first kappa shape index (κ1) is 76.7. The molecule has 462 valence electrons. The fourth-order valence-electron chi connectivity index (χ4n) is 8.77. The summed E-state index contributed by atoms with van der Waals surface area (Å²) in [5.41, 5.74) is 0. The molecule has 0 aromatic heterocycles. The van der Waals surface area contributed by atoms with Crippen molar-refractivity contribution in [2.75, 3.05) is 47.5 Å². The minimum absolute atomic E-state index is 0.142. The Morgan fingerprint density at radius 3 is 0.988 bits per heavy atom. The number of carboxylic acids is 1. The van der Waals surface area contributed by atoms with Gasteiger partial charge in [-0.1, -0.05) is 264 Å². The van der Waals surface area contributed by atoms with Gasteiger partial charge in [-0.3, -0.25) is 9.59 Å². The van der Waals surface area contributed by atoms with Crippen LogP contribution in [0.3, 0.4) is 0 Å². The van der Waals surface area contributed by atoms with Crippen molar-refractivity contribution < 1.29 is 42.9 Å². The molecule has 2 atom stereocenters. The number of quaternary nitrogens is 1. The number of esters is 2. The summed E-state index contributed by atoms with van der Waals surface area (Å²) >= 11 is 0. The molecule has 9 heteroatoms. The van der Waals surface area contributed by atoms with Crippen LogP contribution in [0.25, 0.3) is 0 Å². The van der Waals surface area contributed by atoms with Crippen LogP contribution in [0.1, 0.15) is 258 Å². The zero-order valence-electron chi connectivity index (χ0n) is 52.6. The van der Waals surface area contributed by atoms with Crippen LogP contribution < -0.4 is 5.11 Å². The Morgan fingerprint density at radius 1 is 0.370 bits per heavy atom. The van der Waals surface area contributed by atoms with Gasteiger partial charge in [0, 0.05) is 12.8 Å². The second kappa shape index (κ2) is 61.8. The Kier molecular flexibility index (Phi) is 58.5. The molecule has 0 saturated carbocycles. The van der Waals surface area contributed by atoms with Gasteiger partial charge in [-0.2, -0.15) is 0 Å². The summed E-state index contributed by atoms with van der Waals surface area (Å²) in [6.07, 6.45) is 84.0. The second-order valence-corrected chi connectivity index (χ2v) is 22.6. The summed E-state index contributed by atoms with van der Waals surface area (Å²) < 4.78 is 22.8. The Balaban J connectivity index is 4.19. The van der Waals surface area contributed by atoms with E-state index >= 15 is 0 Å². The highest BCUT2D eigenvalue weighted by Crippen LogP contribution is 2.16. The number of nitrogens with zero attached hydrogens (tertiary/aromatic N) is 1. The molecule has 0 fully saturated rings. The van der Waals surface area contributed by atoms with Gasteiger partial charge in [0.15, 0.2) is 12.4 Å². The Labute approximate surface area is 497 Å². The Hall–Kier alpha value is -4.31. The molecule has 0 amide bonds. The number of unbranched alkanes of at least 4 members (excludes halogenated alkanes) is 24. The highest BCUT2D eigenvalue weighted by molar-refractivity contribution is 5.70. The SMILES string of the molecule is CC/C=C\C/C=C\C/C=C\C/C=C\C/C=C\CCCCCCCCCCCCCCCC(=O)OC(COC(=O)CCCCCCCCCCCCC/C=C\C/C=C\C/C=C\C/C=C\C/C=C\CC)COC(OCC[N+](C)(C)C)C(=O)[O-]. The molecule has 0 aliphatic rings. The third-order valence-corrected chi connectivity index (χ3v) is 13.7. The molecule has 9 nitrogen and oxygen atoms in total. The van der Waals surface area contributed by atoms with Gasteiger partial charge >= 0.3 is 11.9 Å². The summed E-state index contributed by atoms with van der Waals surface area (Å²) in [6, 6.07) is 0. The molecule has 0 rings (SSSR count). The van der Waals surface area contributed by atoms with Crippen LogP contribution in [-0.2, 0) is 33.3 Å². The van der Waals surface area contributed by atoms with Crippen molar-refractivity contribution in [3.63, 3.8) is 0 Å². The standard InChI is InChI=1S/C72H121NO8/c1-6-8-10-12-14-16-18-20-22-24-26-28-30-32-34-35-37-39-41-43-45-47-49-51-53-55-57-59-61-63-70(75)81-68(67-80-72(71(76)77)78-65-64-73(3,4)5)66-79-69(74)62-60-58-56-54-52-50-48-46-44-42-40-38-36-33-31-29-27-25-23-21-19-17-15-13-11-9-7-2/h8-11,14-17,20-23,26-29,32-34,36,68,72H,6-7,12-13,18-19,24-25,30-31,35,37-67H2,1-5H3/b10-8-,11-9-,16-14-,17-15-,22-20-,23-21-,28-26-,29-27-,34-32-,36-33-. The largest absolute Gasteiger partial charge is 0.545 e. The smallest absolute Gasteiger partial charge is 0.306 e. The normalized spacial score (nSPS) is 13.5. The minimum atomic E-state index is -1.63. The summed E-state index contributed by atoms with van der Waals surface area (Å²) in [5.74, 6) is -2.29. The lowest BCUT2D eigenvalue weighted by atomic mass is 10.0. The lowest BCUT2D eigenvalue weighted by molar-refractivity contribution is -0.870. The molecule has 0 spiro atoms. The molecule has 0 aromatic rings. The molecule has 81 heavy (non-hydrogen) atoms. The van der Waals surface area contributed by atoms with Crippen LogP contribution in [0.15, 0.2) is 122 Å². The lowest BCUT2D eigenvalue weighted by Crippen LogP contribution is -2.44. The van der Waals surface area contributed by atoms with Crippen molar-refractivity contribution >= 4 is 17.9 Å². The van der Waals surface area contributed by atoms with Gasteiger partial charge in [-0.25, -0.2) is 0 Å². The number of hydrogen-bond donors (Lipinski definition) is 0. The van der Waals surface area contributed by atoms with Gasteiger partial charge < -0.3 is 33.3 Å². The quantitative estimate of drug-likeness (QED) is 0.0195. The van der Waals surface area contributed by atoms with Crippen LogP contribution in [-0.4, -0.2) is 82.3 Å². The molecule has 0 heterocycles. The van der Waals surface area contributed by atoms with Crippen LogP contribution >= 0.6 is 0 Å². The number of carbonyl (C=O) groups is 3. The number of allylic oxidation sites excluding steroid dienone is 20. The number of ether oxygens (including phenoxy) is 4. The predicted molar refractivity (Wildman–Crippen MR) is 343 cm³/mol. The van der Waals surface area contributed by atoms with Crippen molar-refractivity contribution in [2.45, 2.75) is 270 Å². The summed E-state index contributed by atoms with van der Waals surface area (Å²) in [4.78, 5) is 37.5. The van der Waals surface area contributed by atoms with Gasteiger partial charge in [0.1, 0.15) is 13.2 Å². The maximum Gasteiger partial charge on any atom is 0.306 e. The van der Waals surface area contributed by atoms with Crippen LogP contribution in [0.4, 0.5) is 0 Å². The van der Waals surface area contributed by atoms with E-state index in [2.05, 4.69) is 135 Å². The molecule has 0 aliphatic carbocycles. The Bertz CT molecular complexity index is 1740. The number of rotatable bonds is 59. The number of hydrogen-bond acceptors (Lipinski definition) is 8. The van der Waals surface area contributed by atoms with Crippen LogP contribution in [0.2, 0.25) is 0 Å². The molecule has 2 unspecified atom stereocenters. The number of likely N-dealkylation sites (N-methyl/N-ethyl adjacent to an activating group) is 1. The van der Waals surface area contributed by atoms with Gasteiger partial charge in [0.25, 0.3) is 0 Å². The molecule has 0 aromatic carbocycles. The minimum Gasteiger partial charge on any atom is -0.545 e. The van der Waals surface area contributed by atoms with Crippen molar-refractivity contribution in [1.29, 1.82) is 0 Å². The van der Waals surface area contributed by atoms with Crippen LogP contribution in [0, 0.1) is 0 Å². The van der Waals surface area contributed by atoms with Gasteiger partial charge in [0.2, 0.25) is 0 Å². The topological polar surface area (TPSA) is 111 Å². The predicted octanol–water partition coefficient (Wildman–Crippen LogP) is 18.7. The van der Waals surface area contributed by atoms with Gasteiger partial charge in [0.05, 0.1) is 40.3 Å². The van der Waals surface area contributed by atoms with Crippen molar-refractivity contribution in [3.8, 4) is 0 Å². The van der Waals surface area contributed by atoms with E-state index in [1.54, 1.807) is 0 Å². The average Bonchev–Trinajstić information content (AvgIpc) is 3.44. The van der Waals surface area contributed by atoms with E-state index in [1.807, 2.05) is 21.1 Å². The molecule has 0 N–H and O–H groups in total. The maximum absolute atomic E-state index is 12.9. The summed E-state index contributed by atoms with van der Waals surface area (Å²) in [7, 11) is 5.92. The first-order valence-electron chi connectivity index (χ1n) is 32.7. The molecule has 0 radical (unpaired) electrons. The van der Waals surface area contributed by atoms with E-state index in [0.717, 1.165) is 103 Å². The third-order valence-electron chi connectivity index (χ3n) is 13.7. The zero-order valence-corrected chi connectivity index (χ0v) is 52.6.